The number of carbonyl (C=O) groups is 1. The summed E-state index contributed by atoms with van der Waals surface area (Å²) in [5.41, 5.74) is 3.56. The summed E-state index contributed by atoms with van der Waals surface area (Å²) in [4.78, 5) is 12.6. The van der Waals surface area contributed by atoms with Crippen molar-refractivity contribution < 1.29 is 25.2 Å². The van der Waals surface area contributed by atoms with Crippen LogP contribution < -0.4 is 0 Å². The van der Waals surface area contributed by atoms with Gasteiger partial charge in [-0.2, -0.15) is 0 Å². The van der Waals surface area contributed by atoms with Crippen LogP contribution in [0.15, 0.2) is 53.6 Å². The average molecular weight is 408 g/mol. The van der Waals surface area contributed by atoms with Crippen molar-refractivity contribution in [3.63, 3.8) is 0 Å². The van der Waals surface area contributed by atoms with Crippen LogP contribution in [0.25, 0.3) is 6.08 Å². The van der Waals surface area contributed by atoms with Crippen LogP contribution in [0.3, 0.4) is 0 Å². The van der Waals surface area contributed by atoms with Crippen molar-refractivity contribution in [3.8, 4) is 23.0 Å². The van der Waals surface area contributed by atoms with Crippen LogP contribution in [0.2, 0.25) is 0 Å². The topological polar surface area (TPSA) is 98.0 Å². The largest absolute Gasteiger partial charge is 0.508 e. The summed E-state index contributed by atoms with van der Waals surface area (Å²) in [5.74, 6) is -1.21. The van der Waals surface area contributed by atoms with Gasteiger partial charge in [-0.3, -0.25) is 4.79 Å². The first kappa shape index (κ1) is 22.8. The molecular weight excluding hydrogens is 380 g/mol. The molecule has 0 spiro atoms. The number of benzene rings is 2. The minimum absolute atomic E-state index is 0.0714. The van der Waals surface area contributed by atoms with Gasteiger partial charge < -0.3 is 20.4 Å². The maximum absolute atomic E-state index is 12.6. The Morgan fingerprint density at radius 2 is 1.47 bits per heavy atom. The molecule has 0 aromatic heterocycles. The van der Waals surface area contributed by atoms with Gasteiger partial charge in [-0.1, -0.05) is 29.4 Å². The van der Waals surface area contributed by atoms with E-state index in [2.05, 4.69) is 0 Å². The molecule has 0 bridgehead atoms. The summed E-state index contributed by atoms with van der Waals surface area (Å²) in [6.45, 7) is 7.69. The van der Waals surface area contributed by atoms with Gasteiger partial charge in [-0.25, -0.2) is 0 Å². The van der Waals surface area contributed by atoms with Gasteiger partial charge in [-0.05, 0) is 76.4 Å². The van der Waals surface area contributed by atoms with E-state index in [1.165, 1.54) is 30.4 Å². The Morgan fingerprint density at radius 1 is 0.833 bits per heavy atom. The second-order valence-electron chi connectivity index (χ2n) is 7.68. The molecule has 0 saturated heterocycles. The number of hydrogen-bond acceptors (Lipinski definition) is 5. The molecule has 0 aliphatic carbocycles. The van der Waals surface area contributed by atoms with Crippen molar-refractivity contribution in [1.82, 2.24) is 0 Å². The van der Waals surface area contributed by atoms with Crippen LogP contribution in [0, 0.1) is 0 Å². The fraction of sp³-hybridized carbons (Fsp3) is 0.240. The van der Waals surface area contributed by atoms with Gasteiger partial charge in [0.05, 0.1) is 5.56 Å². The number of allylic oxidation sites excluding steroid dienone is 5. The molecule has 5 heteroatoms. The first-order valence-corrected chi connectivity index (χ1v) is 9.68. The van der Waals surface area contributed by atoms with Crippen molar-refractivity contribution in [2.24, 2.45) is 0 Å². The van der Waals surface area contributed by atoms with E-state index < -0.39 is 5.78 Å². The second-order valence-corrected chi connectivity index (χ2v) is 7.68. The number of rotatable bonds is 7. The lowest BCUT2D eigenvalue weighted by molar-refractivity contribution is 0.104. The molecule has 0 radical (unpaired) electrons. The summed E-state index contributed by atoms with van der Waals surface area (Å²) in [6.07, 6.45) is 7.33. The minimum Gasteiger partial charge on any atom is -0.508 e. The van der Waals surface area contributed by atoms with Crippen molar-refractivity contribution in [2.45, 2.75) is 40.5 Å². The molecule has 5 nitrogen and oxygen atoms in total. The lowest BCUT2D eigenvalue weighted by Gasteiger charge is -2.09. The summed E-state index contributed by atoms with van der Waals surface area (Å²) in [5, 5.41) is 40.5. The Balaban J connectivity index is 2.33. The molecule has 0 saturated carbocycles. The Morgan fingerprint density at radius 3 is 2.10 bits per heavy atom. The number of hydrogen-bond donors (Lipinski definition) is 4. The maximum Gasteiger partial charge on any atom is 0.189 e. The van der Waals surface area contributed by atoms with Crippen LogP contribution in [-0.2, 0) is 12.8 Å². The summed E-state index contributed by atoms with van der Waals surface area (Å²) >= 11 is 0. The minimum atomic E-state index is -0.440. The molecule has 0 heterocycles. The Bertz CT molecular complexity index is 1030. The predicted molar refractivity (Wildman–Crippen MR) is 119 cm³/mol. The van der Waals surface area contributed by atoms with Crippen LogP contribution >= 0.6 is 0 Å². The van der Waals surface area contributed by atoms with Crippen molar-refractivity contribution in [3.05, 3.63) is 75.9 Å². The van der Waals surface area contributed by atoms with E-state index in [1.54, 1.807) is 6.07 Å². The summed E-state index contributed by atoms with van der Waals surface area (Å²) in [6, 6.07) is 5.81. The molecule has 0 aliphatic rings. The SMILES string of the molecule is CC(C)=CCc1cc(C=CC(=O)c2ccc(O)c(CC=C(C)C)c2O)cc(O)c1O. The number of phenolic OH excluding ortho intramolecular Hbond substituents is 4. The van der Waals surface area contributed by atoms with E-state index >= 15 is 0 Å². The highest BCUT2D eigenvalue weighted by Crippen LogP contribution is 2.33. The normalized spacial score (nSPS) is 10.8. The highest BCUT2D eigenvalue weighted by molar-refractivity contribution is 6.09. The first-order valence-electron chi connectivity index (χ1n) is 9.68. The van der Waals surface area contributed by atoms with Gasteiger partial charge in [0.1, 0.15) is 11.5 Å². The molecule has 30 heavy (non-hydrogen) atoms. The number of carbonyl (C=O) groups excluding carboxylic acids is 1. The van der Waals surface area contributed by atoms with Gasteiger partial charge in [0.25, 0.3) is 0 Å². The quantitative estimate of drug-likeness (QED) is 0.212. The second kappa shape index (κ2) is 9.83. The van der Waals surface area contributed by atoms with Crippen LogP contribution in [0.5, 0.6) is 23.0 Å². The lowest BCUT2D eigenvalue weighted by Crippen LogP contribution is -1.98. The first-order chi connectivity index (χ1) is 14.1. The molecule has 0 fully saturated rings. The van der Waals surface area contributed by atoms with E-state index in [-0.39, 0.29) is 28.6 Å². The van der Waals surface area contributed by atoms with Gasteiger partial charge in [-0.15, -0.1) is 0 Å². The third-order valence-corrected chi connectivity index (χ3v) is 4.59. The summed E-state index contributed by atoms with van der Waals surface area (Å²) < 4.78 is 0. The monoisotopic (exact) mass is 408 g/mol. The fourth-order valence-electron chi connectivity index (χ4n) is 2.86. The van der Waals surface area contributed by atoms with Gasteiger partial charge >= 0.3 is 0 Å². The predicted octanol–water partition coefficient (Wildman–Crippen LogP) is 5.42. The van der Waals surface area contributed by atoms with Crippen LogP contribution in [-0.4, -0.2) is 26.2 Å². The van der Waals surface area contributed by atoms with Crippen molar-refractivity contribution in [1.29, 1.82) is 0 Å². The molecule has 158 valence electrons. The van der Waals surface area contributed by atoms with E-state index in [0.717, 1.165) is 11.1 Å². The third-order valence-electron chi connectivity index (χ3n) is 4.59. The molecule has 2 rings (SSSR count). The van der Waals surface area contributed by atoms with Crippen LogP contribution in [0.1, 0.15) is 54.7 Å². The summed E-state index contributed by atoms with van der Waals surface area (Å²) in [7, 11) is 0. The van der Waals surface area contributed by atoms with Gasteiger partial charge in [0.15, 0.2) is 17.3 Å². The Labute approximate surface area is 177 Å². The molecule has 2 aromatic carbocycles. The Kier molecular flexibility index (Phi) is 7.48. The van der Waals surface area contributed by atoms with Crippen molar-refractivity contribution in [2.75, 3.05) is 0 Å². The van der Waals surface area contributed by atoms with E-state index in [1.807, 2.05) is 39.8 Å². The van der Waals surface area contributed by atoms with Crippen molar-refractivity contribution >= 4 is 11.9 Å². The fourth-order valence-corrected chi connectivity index (χ4v) is 2.86. The zero-order valence-electron chi connectivity index (χ0n) is 17.7. The number of aromatic hydroxyl groups is 4. The third kappa shape index (κ3) is 5.77. The molecule has 0 amide bonds. The molecule has 0 atom stereocenters. The zero-order valence-corrected chi connectivity index (χ0v) is 17.7. The van der Waals surface area contributed by atoms with Gasteiger partial charge in [0.2, 0.25) is 0 Å². The van der Waals surface area contributed by atoms with Gasteiger partial charge in [0, 0.05) is 11.1 Å². The standard InChI is InChI=1S/C25H28O5/c1-15(2)5-8-18-13-17(14-23(28)24(18)29)7-11-21(26)20-10-12-22(27)19(25(20)30)9-6-16(3)4/h5-7,10-14,27-30H,8-9H2,1-4H3. The average Bonchev–Trinajstić information content (AvgIpc) is 2.67. The molecule has 4 N–H and O–H groups in total. The van der Waals surface area contributed by atoms with E-state index in [9.17, 15) is 25.2 Å². The molecule has 2 aromatic rings. The lowest BCUT2D eigenvalue weighted by atomic mass is 10.00. The molecule has 0 aliphatic heterocycles. The van der Waals surface area contributed by atoms with Crippen LogP contribution in [0.4, 0.5) is 0 Å². The Hall–Kier alpha value is -3.47. The molecule has 0 unspecified atom stereocenters. The number of ketones is 1. The molecular formula is C25H28O5. The van der Waals surface area contributed by atoms with E-state index in [4.69, 9.17) is 0 Å². The number of phenols is 4. The van der Waals surface area contributed by atoms with E-state index in [0.29, 0.717) is 29.5 Å². The highest BCUT2D eigenvalue weighted by atomic mass is 16.3. The smallest absolute Gasteiger partial charge is 0.189 e. The highest BCUT2D eigenvalue weighted by Gasteiger charge is 2.15. The maximum atomic E-state index is 12.6. The zero-order chi connectivity index (χ0) is 22.4.